The Balaban J connectivity index is 1.85. The van der Waals surface area contributed by atoms with E-state index in [-0.39, 0.29) is 6.79 Å². The Morgan fingerprint density at radius 3 is 2.50 bits per heavy atom. The van der Waals surface area contributed by atoms with Crippen molar-refractivity contribution in [2.75, 3.05) is 6.79 Å². The van der Waals surface area contributed by atoms with Crippen LogP contribution in [0.25, 0.3) is 16.9 Å². The van der Waals surface area contributed by atoms with Crippen LogP contribution in [0.3, 0.4) is 0 Å². The number of ether oxygens (including phenoxy) is 2. The number of aryl methyl sites for hydroxylation is 1. The van der Waals surface area contributed by atoms with Crippen LogP contribution in [0.2, 0.25) is 5.02 Å². The number of nitrogens with zero attached hydrogens (tertiary/aromatic N) is 1. The highest BCUT2D eigenvalue weighted by Crippen LogP contribution is 2.36. The Kier molecular flexibility index (Phi) is 3.09. The SMILES string of the molecule is Cc1ccc(-c2ccc(Cl)cc2)n1-c1ccc2c(c1)OCO2. The molecule has 0 radical (unpaired) electrons. The number of hydrogen-bond acceptors (Lipinski definition) is 2. The van der Waals surface area contributed by atoms with Crippen molar-refractivity contribution in [3.05, 3.63) is 65.3 Å². The molecule has 3 aromatic rings. The largest absolute Gasteiger partial charge is 0.454 e. The maximum absolute atomic E-state index is 5.99. The fraction of sp³-hybridized carbons (Fsp3) is 0.111. The third kappa shape index (κ3) is 2.14. The molecule has 0 unspecified atom stereocenters. The molecule has 0 atom stereocenters. The van der Waals surface area contributed by atoms with E-state index in [2.05, 4.69) is 23.6 Å². The number of benzene rings is 2. The Morgan fingerprint density at radius 1 is 0.909 bits per heavy atom. The lowest BCUT2D eigenvalue weighted by Gasteiger charge is -2.13. The summed E-state index contributed by atoms with van der Waals surface area (Å²) in [5, 5.41) is 0.738. The number of fused-ring (bicyclic) bond motifs is 1. The highest BCUT2D eigenvalue weighted by molar-refractivity contribution is 6.30. The van der Waals surface area contributed by atoms with Gasteiger partial charge in [-0.15, -0.1) is 0 Å². The van der Waals surface area contributed by atoms with Gasteiger partial charge in [0.25, 0.3) is 0 Å². The predicted octanol–water partition coefficient (Wildman–Crippen LogP) is 4.83. The average Bonchev–Trinajstić information content (AvgIpc) is 3.13. The molecule has 0 saturated carbocycles. The Bertz CT molecular complexity index is 837. The van der Waals surface area contributed by atoms with Crippen LogP contribution in [0.4, 0.5) is 0 Å². The lowest BCUT2D eigenvalue weighted by atomic mass is 10.1. The molecule has 0 bridgehead atoms. The first kappa shape index (κ1) is 13.3. The highest BCUT2D eigenvalue weighted by atomic mass is 35.5. The summed E-state index contributed by atoms with van der Waals surface area (Å²) in [5.74, 6) is 1.58. The third-order valence-electron chi connectivity index (χ3n) is 3.83. The van der Waals surface area contributed by atoms with E-state index in [1.807, 2.05) is 42.5 Å². The molecule has 0 N–H and O–H groups in total. The summed E-state index contributed by atoms with van der Waals surface area (Å²) in [6.45, 7) is 2.37. The standard InChI is InChI=1S/C18H14ClNO2/c1-12-2-8-16(13-3-5-14(19)6-4-13)20(12)15-7-9-17-18(10-15)22-11-21-17/h2-10H,11H2,1H3. The molecule has 0 aliphatic carbocycles. The summed E-state index contributed by atoms with van der Waals surface area (Å²) in [6, 6.07) is 18.1. The Labute approximate surface area is 133 Å². The summed E-state index contributed by atoms with van der Waals surface area (Å²) in [4.78, 5) is 0. The topological polar surface area (TPSA) is 23.4 Å². The minimum absolute atomic E-state index is 0.285. The van der Waals surface area contributed by atoms with Crippen LogP contribution < -0.4 is 9.47 Å². The lowest BCUT2D eigenvalue weighted by Crippen LogP contribution is -1.99. The van der Waals surface area contributed by atoms with Crippen molar-refractivity contribution in [1.29, 1.82) is 0 Å². The molecule has 1 aliphatic heterocycles. The molecule has 0 amide bonds. The molecule has 2 heterocycles. The van der Waals surface area contributed by atoms with Crippen molar-refractivity contribution in [2.24, 2.45) is 0 Å². The maximum atomic E-state index is 5.99. The number of hydrogen-bond donors (Lipinski definition) is 0. The highest BCUT2D eigenvalue weighted by Gasteiger charge is 2.16. The van der Waals surface area contributed by atoms with Crippen molar-refractivity contribution >= 4 is 11.6 Å². The number of rotatable bonds is 2. The molecule has 3 nitrogen and oxygen atoms in total. The first-order chi connectivity index (χ1) is 10.7. The van der Waals surface area contributed by atoms with Crippen molar-refractivity contribution < 1.29 is 9.47 Å². The van der Waals surface area contributed by atoms with Crippen LogP contribution in [-0.4, -0.2) is 11.4 Å². The molecule has 4 heteroatoms. The van der Waals surface area contributed by atoms with Crippen LogP contribution >= 0.6 is 11.6 Å². The van der Waals surface area contributed by atoms with Crippen LogP contribution in [0.15, 0.2) is 54.6 Å². The second-order valence-corrected chi connectivity index (χ2v) is 5.68. The van der Waals surface area contributed by atoms with Gasteiger partial charge in [-0.2, -0.15) is 0 Å². The average molecular weight is 312 g/mol. The monoisotopic (exact) mass is 311 g/mol. The van der Waals surface area contributed by atoms with E-state index < -0.39 is 0 Å². The molecule has 4 rings (SSSR count). The molecule has 110 valence electrons. The summed E-state index contributed by atoms with van der Waals surface area (Å²) >= 11 is 5.99. The molecule has 1 aliphatic rings. The van der Waals surface area contributed by atoms with Crippen LogP contribution in [0.5, 0.6) is 11.5 Å². The summed E-state index contributed by atoms with van der Waals surface area (Å²) in [5.41, 5.74) is 4.45. The van der Waals surface area contributed by atoms with Gasteiger partial charge in [0.1, 0.15) is 0 Å². The van der Waals surface area contributed by atoms with Gasteiger partial charge >= 0.3 is 0 Å². The van der Waals surface area contributed by atoms with E-state index in [1.165, 1.54) is 0 Å². The normalized spacial score (nSPS) is 12.6. The second kappa shape index (κ2) is 5.11. The van der Waals surface area contributed by atoms with E-state index in [4.69, 9.17) is 21.1 Å². The van der Waals surface area contributed by atoms with E-state index >= 15 is 0 Å². The van der Waals surface area contributed by atoms with Crippen LogP contribution in [0, 0.1) is 6.92 Å². The van der Waals surface area contributed by atoms with Gasteiger partial charge in [-0.1, -0.05) is 23.7 Å². The molecular formula is C18H14ClNO2. The maximum Gasteiger partial charge on any atom is 0.231 e. The van der Waals surface area contributed by atoms with Gasteiger partial charge in [0, 0.05) is 22.5 Å². The predicted molar refractivity (Wildman–Crippen MR) is 87.1 cm³/mol. The summed E-state index contributed by atoms with van der Waals surface area (Å²) < 4.78 is 13.1. The van der Waals surface area contributed by atoms with Gasteiger partial charge in [-0.25, -0.2) is 0 Å². The summed E-state index contributed by atoms with van der Waals surface area (Å²) in [6.07, 6.45) is 0. The fourth-order valence-electron chi connectivity index (χ4n) is 2.75. The first-order valence-corrected chi connectivity index (χ1v) is 7.44. The minimum atomic E-state index is 0.285. The second-order valence-electron chi connectivity index (χ2n) is 5.24. The van der Waals surface area contributed by atoms with E-state index in [1.54, 1.807) is 0 Å². The van der Waals surface area contributed by atoms with Crippen molar-refractivity contribution in [2.45, 2.75) is 6.92 Å². The fourth-order valence-corrected chi connectivity index (χ4v) is 2.88. The van der Waals surface area contributed by atoms with Gasteiger partial charge in [0.15, 0.2) is 11.5 Å². The molecular weight excluding hydrogens is 298 g/mol. The smallest absolute Gasteiger partial charge is 0.231 e. The van der Waals surface area contributed by atoms with Gasteiger partial charge in [-0.3, -0.25) is 0 Å². The van der Waals surface area contributed by atoms with Crippen molar-refractivity contribution in [1.82, 2.24) is 4.57 Å². The van der Waals surface area contributed by atoms with Gasteiger partial charge in [-0.05, 0) is 48.9 Å². The van der Waals surface area contributed by atoms with Crippen molar-refractivity contribution in [3.8, 4) is 28.4 Å². The molecule has 1 aromatic heterocycles. The number of aromatic nitrogens is 1. The van der Waals surface area contributed by atoms with E-state index in [9.17, 15) is 0 Å². The van der Waals surface area contributed by atoms with E-state index in [0.29, 0.717) is 0 Å². The Hall–Kier alpha value is -2.39. The Morgan fingerprint density at radius 2 is 1.68 bits per heavy atom. The zero-order valence-electron chi connectivity index (χ0n) is 12.0. The zero-order chi connectivity index (χ0) is 15.1. The van der Waals surface area contributed by atoms with Crippen LogP contribution in [-0.2, 0) is 0 Å². The van der Waals surface area contributed by atoms with Crippen molar-refractivity contribution in [3.63, 3.8) is 0 Å². The molecule has 2 aromatic carbocycles. The quantitative estimate of drug-likeness (QED) is 0.676. The molecule has 0 spiro atoms. The summed E-state index contributed by atoms with van der Waals surface area (Å²) in [7, 11) is 0. The van der Waals surface area contributed by atoms with Crippen LogP contribution in [0.1, 0.15) is 5.69 Å². The zero-order valence-corrected chi connectivity index (χ0v) is 12.8. The minimum Gasteiger partial charge on any atom is -0.454 e. The lowest BCUT2D eigenvalue weighted by molar-refractivity contribution is 0.174. The number of halogens is 1. The van der Waals surface area contributed by atoms with Gasteiger partial charge < -0.3 is 14.0 Å². The third-order valence-corrected chi connectivity index (χ3v) is 4.08. The van der Waals surface area contributed by atoms with Gasteiger partial charge in [0.2, 0.25) is 6.79 Å². The molecule has 22 heavy (non-hydrogen) atoms. The first-order valence-electron chi connectivity index (χ1n) is 7.07. The van der Waals surface area contributed by atoms with E-state index in [0.717, 1.165) is 39.2 Å². The molecule has 0 saturated heterocycles. The molecule has 0 fully saturated rings. The van der Waals surface area contributed by atoms with Gasteiger partial charge in [0.05, 0.1) is 5.69 Å².